The van der Waals surface area contributed by atoms with E-state index in [9.17, 15) is 0 Å². The number of ether oxygens (including phenoxy) is 1. The smallest absolute Gasteiger partial charge is 0.262 e. The second kappa shape index (κ2) is 5.97. The first-order valence-electron chi connectivity index (χ1n) is 8.29. The van der Waals surface area contributed by atoms with E-state index in [1.807, 2.05) is 11.3 Å². The molecule has 1 aromatic carbocycles. The monoisotopic (exact) mass is 324 g/mol. The third kappa shape index (κ3) is 2.74. The summed E-state index contributed by atoms with van der Waals surface area (Å²) in [6, 6.07) is 8.62. The van der Waals surface area contributed by atoms with Crippen LogP contribution in [0.25, 0.3) is 16.3 Å². The molecule has 0 saturated heterocycles. The van der Waals surface area contributed by atoms with Crippen molar-refractivity contribution in [2.45, 2.75) is 25.7 Å². The first-order chi connectivity index (χ1) is 11.2. The summed E-state index contributed by atoms with van der Waals surface area (Å²) in [5.74, 6) is 1.85. The molecule has 1 unspecified atom stereocenters. The van der Waals surface area contributed by atoms with Gasteiger partial charge < -0.3 is 4.74 Å². The summed E-state index contributed by atoms with van der Waals surface area (Å²) in [4.78, 5) is 0. The third-order valence-corrected chi connectivity index (χ3v) is 6.18. The number of benzene rings is 1. The second-order valence-corrected chi connectivity index (χ2v) is 7.48. The summed E-state index contributed by atoms with van der Waals surface area (Å²) >= 11 is 1.87. The Hall–Kier alpha value is -1.87. The zero-order valence-electron chi connectivity index (χ0n) is 13.7. The Labute approximate surface area is 141 Å². The van der Waals surface area contributed by atoms with Crippen LogP contribution in [-0.2, 0) is 11.8 Å². The van der Waals surface area contributed by atoms with Crippen molar-refractivity contribution in [1.82, 2.24) is 0 Å². The average Bonchev–Trinajstić information content (AvgIpc) is 2.90. The number of para-hydroxylation sites is 1. The fourth-order valence-electron chi connectivity index (χ4n) is 3.64. The molecule has 0 saturated carbocycles. The van der Waals surface area contributed by atoms with Crippen LogP contribution in [0, 0.1) is 5.92 Å². The van der Waals surface area contributed by atoms with E-state index in [0.717, 1.165) is 18.1 Å². The molecule has 1 aromatic heterocycles. The van der Waals surface area contributed by atoms with Gasteiger partial charge in [0.05, 0.1) is 12.9 Å². The molecule has 0 fully saturated rings. The van der Waals surface area contributed by atoms with Crippen LogP contribution in [0.2, 0.25) is 0 Å². The number of hydrogen-bond acceptors (Lipinski definition) is 2. The van der Waals surface area contributed by atoms with Gasteiger partial charge in [0.15, 0.2) is 0 Å². The molecule has 0 radical (unpaired) electrons. The molecule has 3 heteroatoms. The Bertz CT molecular complexity index is 840. The minimum atomic E-state index is 0.724. The lowest BCUT2D eigenvalue weighted by Gasteiger charge is -2.28. The molecule has 23 heavy (non-hydrogen) atoms. The molecule has 0 amide bonds. The standard InChI is InChI=1S/C20H22NOS/c1-21-18-5-3-4-6-19(18)23-20(21)12-14-7-8-15-9-10-17(22-2)13-16(15)11-14/h3-6,11-13,15H,7-10H2,1-2H3/q+1. The topological polar surface area (TPSA) is 13.1 Å². The molecule has 2 aliphatic rings. The molecule has 0 N–H and O–H groups in total. The molecule has 0 bridgehead atoms. The molecule has 0 aliphatic heterocycles. The number of thiazole rings is 1. The Morgan fingerprint density at radius 2 is 2.00 bits per heavy atom. The molecule has 1 heterocycles. The van der Waals surface area contributed by atoms with Gasteiger partial charge in [-0.3, -0.25) is 0 Å². The lowest BCUT2D eigenvalue weighted by molar-refractivity contribution is -0.642. The van der Waals surface area contributed by atoms with Crippen molar-refractivity contribution >= 4 is 27.6 Å². The summed E-state index contributed by atoms with van der Waals surface area (Å²) in [6.07, 6.45) is 11.8. The van der Waals surface area contributed by atoms with E-state index in [-0.39, 0.29) is 0 Å². The SMILES string of the molecule is COC1=CC2=CC(=Cc3sc4ccccc4[n+]3C)CCC2CC1. The van der Waals surface area contributed by atoms with Crippen molar-refractivity contribution in [3.05, 3.63) is 58.3 Å². The first-order valence-corrected chi connectivity index (χ1v) is 9.10. The van der Waals surface area contributed by atoms with Crippen molar-refractivity contribution in [3.8, 4) is 0 Å². The van der Waals surface area contributed by atoms with Gasteiger partial charge >= 0.3 is 0 Å². The Morgan fingerprint density at radius 1 is 1.17 bits per heavy atom. The number of allylic oxidation sites excluding steroid dienone is 5. The first kappa shape index (κ1) is 14.7. The van der Waals surface area contributed by atoms with E-state index in [1.54, 1.807) is 7.11 Å². The number of hydrogen-bond donors (Lipinski definition) is 0. The van der Waals surface area contributed by atoms with E-state index < -0.39 is 0 Å². The van der Waals surface area contributed by atoms with Gasteiger partial charge in [-0.25, -0.2) is 0 Å². The maximum absolute atomic E-state index is 5.45. The van der Waals surface area contributed by atoms with Gasteiger partial charge in [0.2, 0.25) is 5.52 Å². The van der Waals surface area contributed by atoms with Crippen LogP contribution in [0.4, 0.5) is 0 Å². The van der Waals surface area contributed by atoms with Gasteiger partial charge in [-0.2, -0.15) is 4.57 Å². The lowest BCUT2D eigenvalue weighted by Crippen LogP contribution is -2.29. The summed E-state index contributed by atoms with van der Waals surface area (Å²) < 4.78 is 9.10. The van der Waals surface area contributed by atoms with E-state index >= 15 is 0 Å². The summed E-state index contributed by atoms with van der Waals surface area (Å²) in [6.45, 7) is 0. The molecule has 2 aromatic rings. The second-order valence-electron chi connectivity index (χ2n) is 6.42. The van der Waals surface area contributed by atoms with Crippen molar-refractivity contribution in [3.63, 3.8) is 0 Å². The van der Waals surface area contributed by atoms with E-state index in [0.29, 0.717) is 0 Å². The molecule has 0 spiro atoms. The maximum Gasteiger partial charge on any atom is 0.262 e. The predicted molar refractivity (Wildman–Crippen MR) is 96.1 cm³/mol. The molecular weight excluding hydrogens is 302 g/mol. The molecular formula is C20H22NOS+. The predicted octanol–water partition coefficient (Wildman–Crippen LogP) is 4.77. The largest absolute Gasteiger partial charge is 0.501 e. The normalized spacial score (nSPS) is 22.7. The highest BCUT2D eigenvalue weighted by atomic mass is 32.1. The molecule has 2 aliphatic carbocycles. The van der Waals surface area contributed by atoms with Crippen LogP contribution in [0.1, 0.15) is 30.7 Å². The molecule has 4 rings (SSSR count). The van der Waals surface area contributed by atoms with Crippen LogP contribution >= 0.6 is 11.3 Å². The molecule has 1 atom stereocenters. The number of fused-ring (bicyclic) bond motifs is 2. The number of aryl methyl sites for hydroxylation is 1. The zero-order valence-corrected chi connectivity index (χ0v) is 14.5. The number of methoxy groups -OCH3 is 1. The van der Waals surface area contributed by atoms with Crippen LogP contribution < -0.4 is 4.57 Å². The van der Waals surface area contributed by atoms with Gasteiger partial charge in [-0.1, -0.05) is 29.5 Å². The van der Waals surface area contributed by atoms with E-state index in [2.05, 4.69) is 54.1 Å². The Kier molecular flexibility index (Phi) is 3.82. The van der Waals surface area contributed by atoms with Crippen LogP contribution in [0.15, 0.2) is 53.3 Å². The van der Waals surface area contributed by atoms with Crippen molar-refractivity contribution in [2.75, 3.05) is 7.11 Å². The van der Waals surface area contributed by atoms with Crippen molar-refractivity contribution < 1.29 is 9.30 Å². The van der Waals surface area contributed by atoms with Gasteiger partial charge in [0.25, 0.3) is 5.01 Å². The number of nitrogens with zero attached hydrogens (tertiary/aromatic N) is 1. The molecule has 2 nitrogen and oxygen atoms in total. The number of rotatable bonds is 2. The van der Waals surface area contributed by atoms with E-state index in [1.165, 1.54) is 45.6 Å². The highest BCUT2D eigenvalue weighted by Gasteiger charge is 2.24. The zero-order chi connectivity index (χ0) is 15.8. The third-order valence-electron chi connectivity index (χ3n) is 5.01. The van der Waals surface area contributed by atoms with Crippen LogP contribution in [0.5, 0.6) is 0 Å². The van der Waals surface area contributed by atoms with Crippen LogP contribution in [-0.4, -0.2) is 7.11 Å². The number of aromatic nitrogens is 1. The summed E-state index contributed by atoms with van der Waals surface area (Å²) in [5.41, 5.74) is 4.20. The average molecular weight is 324 g/mol. The van der Waals surface area contributed by atoms with Crippen molar-refractivity contribution in [2.24, 2.45) is 13.0 Å². The van der Waals surface area contributed by atoms with Crippen LogP contribution in [0.3, 0.4) is 0 Å². The molecule has 118 valence electrons. The fraction of sp³-hybridized carbons (Fsp3) is 0.350. The minimum Gasteiger partial charge on any atom is -0.501 e. The Balaban J connectivity index is 1.72. The van der Waals surface area contributed by atoms with Gasteiger partial charge in [0, 0.05) is 18.6 Å². The van der Waals surface area contributed by atoms with Crippen molar-refractivity contribution in [1.29, 1.82) is 0 Å². The van der Waals surface area contributed by atoms with Gasteiger partial charge in [-0.05, 0) is 48.5 Å². The Morgan fingerprint density at radius 3 is 2.83 bits per heavy atom. The van der Waals surface area contributed by atoms with Gasteiger partial charge in [0.1, 0.15) is 11.7 Å². The lowest BCUT2D eigenvalue weighted by atomic mass is 9.79. The fourth-order valence-corrected chi connectivity index (χ4v) is 4.76. The highest BCUT2D eigenvalue weighted by molar-refractivity contribution is 7.18. The summed E-state index contributed by atoms with van der Waals surface area (Å²) in [5, 5.41) is 1.32. The maximum atomic E-state index is 5.45. The quantitative estimate of drug-likeness (QED) is 0.725. The van der Waals surface area contributed by atoms with Gasteiger partial charge in [-0.15, -0.1) is 0 Å². The highest BCUT2D eigenvalue weighted by Crippen LogP contribution is 2.38. The summed E-state index contributed by atoms with van der Waals surface area (Å²) in [7, 11) is 3.94. The van der Waals surface area contributed by atoms with E-state index in [4.69, 9.17) is 4.74 Å². The minimum absolute atomic E-state index is 0.724.